The first kappa shape index (κ1) is 21.1. The Morgan fingerprint density at radius 1 is 1.28 bits per heavy atom. The molecule has 0 saturated carbocycles. The molecule has 1 aromatic heterocycles. The predicted octanol–water partition coefficient (Wildman–Crippen LogP) is 5.78. The van der Waals surface area contributed by atoms with E-state index in [1.165, 1.54) is 11.3 Å². The Labute approximate surface area is 178 Å². The van der Waals surface area contributed by atoms with Crippen LogP contribution < -0.4 is 15.5 Å². The molecule has 29 heavy (non-hydrogen) atoms. The van der Waals surface area contributed by atoms with Crippen molar-refractivity contribution in [2.75, 3.05) is 17.3 Å². The van der Waals surface area contributed by atoms with Crippen LogP contribution in [0, 0.1) is 13.8 Å². The SMILES string of the molecule is CC/C(C)=N/Nc1nc2cc(C)c(NC(=O)COc3ccc(Cl)cc3)c(C)c2s1. The fraction of sp³-hybridized carbons (Fsp3) is 0.286. The topological polar surface area (TPSA) is 75.6 Å². The molecule has 0 atom stereocenters. The maximum atomic E-state index is 12.4. The van der Waals surface area contributed by atoms with Crippen LogP contribution in [0.2, 0.25) is 5.02 Å². The van der Waals surface area contributed by atoms with Crippen molar-refractivity contribution in [3.63, 3.8) is 0 Å². The predicted molar refractivity (Wildman–Crippen MR) is 122 cm³/mol. The van der Waals surface area contributed by atoms with E-state index >= 15 is 0 Å². The lowest BCUT2D eigenvalue weighted by molar-refractivity contribution is -0.118. The summed E-state index contributed by atoms with van der Waals surface area (Å²) in [5.41, 5.74) is 7.60. The number of hydrazone groups is 1. The molecule has 0 spiro atoms. The number of carbonyl (C=O) groups excluding carboxylic acids is 1. The molecule has 0 unspecified atom stereocenters. The van der Waals surface area contributed by atoms with E-state index in [1.54, 1.807) is 24.3 Å². The summed E-state index contributed by atoms with van der Waals surface area (Å²) in [5.74, 6) is 0.367. The Morgan fingerprint density at radius 2 is 2.00 bits per heavy atom. The number of rotatable bonds is 7. The van der Waals surface area contributed by atoms with Gasteiger partial charge in [-0.25, -0.2) is 4.98 Å². The van der Waals surface area contributed by atoms with Gasteiger partial charge >= 0.3 is 0 Å². The molecule has 1 heterocycles. The second-order valence-corrected chi connectivity index (χ2v) is 8.10. The number of fused-ring (bicyclic) bond motifs is 1. The Balaban J connectivity index is 1.74. The van der Waals surface area contributed by atoms with Gasteiger partial charge < -0.3 is 10.1 Å². The van der Waals surface area contributed by atoms with Gasteiger partial charge in [0.15, 0.2) is 6.61 Å². The lowest BCUT2D eigenvalue weighted by atomic mass is 10.1. The van der Waals surface area contributed by atoms with Gasteiger partial charge in [0, 0.05) is 16.4 Å². The molecule has 152 valence electrons. The molecular formula is C21H23ClN4O2S. The molecule has 0 aliphatic heterocycles. The van der Waals surface area contributed by atoms with Crippen molar-refractivity contribution in [3.8, 4) is 5.75 Å². The summed E-state index contributed by atoms with van der Waals surface area (Å²) in [6, 6.07) is 8.87. The second-order valence-electron chi connectivity index (χ2n) is 6.66. The molecule has 6 nitrogen and oxygen atoms in total. The van der Waals surface area contributed by atoms with Crippen molar-refractivity contribution in [1.29, 1.82) is 0 Å². The van der Waals surface area contributed by atoms with Gasteiger partial charge in [-0.05, 0) is 68.7 Å². The van der Waals surface area contributed by atoms with Crippen LogP contribution in [0.1, 0.15) is 31.4 Å². The van der Waals surface area contributed by atoms with Crippen LogP contribution in [-0.4, -0.2) is 23.2 Å². The number of nitrogens with zero attached hydrogens (tertiary/aromatic N) is 2. The summed E-state index contributed by atoms with van der Waals surface area (Å²) in [4.78, 5) is 17.0. The average molecular weight is 431 g/mol. The van der Waals surface area contributed by atoms with E-state index in [4.69, 9.17) is 16.3 Å². The smallest absolute Gasteiger partial charge is 0.262 e. The Kier molecular flexibility index (Phi) is 6.71. The fourth-order valence-electron chi connectivity index (χ4n) is 2.70. The largest absolute Gasteiger partial charge is 0.484 e. The normalized spacial score (nSPS) is 11.6. The van der Waals surface area contributed by atoms with E-state index in [1.807, 2.05) is 26.8 Å². The van der Waals surface area contributed by atoms with Crippen LogP contribution in [0.4, 0.5) is 10.8 Å². The van der Waals surface area contributed by atoms with Gasteiger partial charge in [-0.15, -0.1) is 0 Å². The standard InChI is InChI=1S/C21H23ClN4O2S/c1-5-13(3)25-26-21-23-17-10-12(2)19(14(4)20(17)29-21)24-18(27)11-28-16-8-6-15(22)7-9-16/h6-10H,5,11H2,1-4H3,(H,23,26)(H,24,27)/b25-13+. The third-order valence-corrected chi connectivity index (χ3v) is 5.77. The third-order valence-electron chi connectivity index (χ3n) is 4.42. The number of nitrogens with one attached hydrogen (secondary N) is 2. The van der Waals surface area contributed by atoms with Crippen LogP contribution in [0.15, 0.2) is 35.4 Å². The highest BCUT2D eigenvalue weighted by molar-refractivity contribution is 7.22. The first-order chi connectivity index (χ1) is 13.9. The summed E-state index contributed by atoms with van der Waals surface area (Å²) in [5, 5.41) is 8.62. The van der Waals surface area contributed by atoms with Crippen LogP contribution in [0.3, 0.4) is 0 Å². The second kappa shape index (κ2) is 9.24. The van der Waals surface area contributed by atoms with Gasteiger partial charge in [-0.2, -0.15) is 5.10 Å². The zero-order valence-corrected chi connectivity index (χ0v) is 18.4. The summed E-state index contributed by atoms with van der Waals surface area (Å²) in [6.07, 6.45) is 0.879. The summed E-state index contributed by atoms with van der Waals surface area (Å²) < 4.78 is 6.54. The van der Waals surface area contributed by atoms with Crippen molar-refractivity contribution in [3.05, 3.63) is 46.5 Å². The molecule has 0 fully saturated rings. The summed E-state index contributed by atoms with van der Waals surface area (Å²) in [7, 11) is 0. The molecule has 0 aliphatic carbocycles. The number of hydrogen-bond donors (Lipinski definition) is 2. The van der Waals surface area contributed by atoms with E-state index in [-0.39, 0.29) is 12.5 Å². The first-order valence-electron chi connectivity index (χ1n) is 9.25. The molecule has 0 aliphatic rings. The molecule has 3 rings (SSSR count). The van der Waals surface area contributed by atoms with Crippen LogP contribution >= 0.6 is 22.9 Å². The molecular weight excluding hydrogens is 408 g/mol. The Hall–Kier alpha value is -2.64. The zero-order chi connectivity index (χ0) is 21.0. The van der Waals surface area contributed by atoms with Crippen LogP contribution in [-0.2, 0) is 4.79 Å². The van der Waals surface area contributed by atoms with E-state index in [0.717, 1.165) is 44.3 Å². The summed E-state index contributed by atoms with van der Waals surface area (Å²) in [6.45, 7) is 7.87. The number of hydrogen-bond acceptors (Lipinski definition) is 6. The third kappa shape index (κ3) is 5.25. The van der Waals surface area contributed by atoms with Crippen LogP contribution in [0.5, 0.6) is 5.75 Å². The van der Waals surface area contributed by atoms with Gasteiger partial charge in [0.25, 0.3) is 5.91 Å². The lowest BCUT2D eigenvalue weighted by Crippen LogP contribution is -2.21. The number of thiazole rings is 1. The highest BCUT2D eigenvalue weighted by Gasteiger charge is 2.15. The average Bonchev–Trinajstić information content (AvgIpc) is 3.11. The molecule has 0 saturated heterocycles. The number of amides is 1. The number of aromatic nitrogens is 1. The number of halogens is 1. The monoisotopic (exact) mass is 430 g/mol. The molecule has 2 aromatic carbocycles. The Bertz CT molecular complexity index is 1060. The first-order valence-corrected chi connectivity index (χ1v) is 10.4. The number of ether oxygens (including phenoxy) is 1. The molecule has 2 N–H and O–H groups in total. The quantitative estimate of drug-likeness (QED) is 0.368. The van der Waals surface area contributed by atoms with E-state index in [9.17, 15) is 4.79 Å². The molecule has 1 amide bonds. The number of benzene rings is 2. The fourth-order valence-corrected chi connectivity index (χ4v) is 3.72. The maximum absolute atomic E-state index is 12.4. The molecule has 8 heteroatoms. The summed E-state index contributed by atoms with van der Waals surface area (Å²) >= 11 is 7.37. The minimum atomic E-state index is -0.225. The lowest BCUT2D eigenvalue weighted by Gasteiger charge is -2.13. The number of anilines is 2. The minimum Gasteiger partial charge on any atom is -0.484 e. The van der Waals surface area contributed by atoms with Crippen molar-refractivity contribution in [2.45, 2.75) is 34.1 Å². The van der Waals surface area contributed by atoms with Crippen molar-refractivity contribution < 1.29 is 9.53 Å². The van der Waals surface area contributed by atoms with E-state index in [2.05, 4.69) is 27.8 Å². The highest BCUT2D eigenvalue weighted by Crippen LogP contribution is 2.35. The van der Waals surface area contributed by atoms with Crippen molar-refractivity contribution in [2.24, 2.45) is 5.10 Å². The Morgan fingerprint density at radius 3 is 2.69 bits per heavy atom. The number of aryl methyl sites for hydroxylation is 2. The van der Waals surface area contributed by atoms with Crippen LogP contribution in [0.25, 0.3) is 10.2 Å². The zero-order valence-electron chi connectivity index (χ0n) is 16.8. The highest BCUT2D eigenvalue weighted by atomic mass is 35.5. The van der Waals surface area contributed by atoms with Crippen molar-refractivity contribution >= 4 is 55.6 Å². The van der Waals surface area contributed by atoms with Gasteiger partial charge in [-0.3, -0.25) is 10.2 Å². The van der Waals surface area contributed by atoms with Gasteiger partial charge in [-0.1, -0.05) is 29.9 Å². The molecule has 0 radical (unpaired) electrons. The van der Waals surface area contributed by atoms with E-state index in [0.29, 0.717) is 10.8 Å². The maximum Gasteiger partial charge on any atom is 0.262 e. The van der Waals surface area contributed by atoms with Crippen molar-refractivity contribution in [1.82, 2.24) is 4.98 Å². The molecule has 0 bridgehead atoms. The molecule has 3 aromatic rings. The van der Waals surface area contributed by atoms with E-state index < -0.39 is 0 Å². The minimum absolute atomic E-state index is 0.0843. The van der Waals surface area contributed by atoms with Gasteiger partial charge in [0.1, 0.15) is 5.75 Å². The van der Waals surface area contributed by atoms with Gasteiger partial charge in [0.05, 0.1) is 10.2 Å². The van der Waals surface area contributed by atoms with Gasteiger partial charge in [0.2, 0.25) is 5.13 Å². The number of carbonyl (C=O) groups is 1.